The van der Waals surface area contributed by atoms with Crippen LogP contribution in [0.4, 0.5) is 0 Å². The summed E-state index contributed by atoms with van der Waals surface area (Å²) in [5.41, 5.74) is 1.36. The Morgan fingerprint density at radius 2 is 1.65 bits per heavy atom. The van der Waals surface area contributed by atoms with Crippen LogP contribution in [0.1, 0.15) is 24.3 Å². The zero-order valence-electron chi connectivity index (χ0n) is 9.46. The van der Waals surface area contributed by atoms with E-state index in [1.165, 1.54) is 31.5 Å². The molecule has 2 fully saturated rings. The van der Waals surface area contributed by atoms with Crippen LogP contribution in [0.15, 0.2) is 18.2 Å². The summed E-state index contributed by atoms with van der Waals surface area (Å²) in [6, 6.07) is 6.10. The van der Waals surface area contributed by atoms with E-state index in [4.69, 9.17) is 23.2 Å². The maximum absolute atomic E-state index is 6.07. The van der Waals surface area contributed by atoms with Crippen molar-refractivity contribution in [2.45, 2.75) is 18.8 Å². The molecule has 1 saturated heterocycles. The van der Waals surface area contributed by atoms with E-state index in [0.717, 1.165) is 11.8 Å². The van der Waals surface area contributed by atoms with Gasteiger partial charge in [0.05, 0.1) is 10.0 Å². The topological polar surface area (TPSA) is 12.0 Å². The van der Waals surface area contributed by atoms with Gasteiger partial charge in [-0.2, -0.15) is 0 Å². The first-order valence-electron chi connectivity index (χ1n) is 5.89. The molecule has 0 aromatic heterocycles. The summed E-state index contributed by atoms with van der Waals surface area (Å²) in [6.45, 7) is 2.39. The highest BCUT2D eigenvalue weighted by molar-refractivity contribution is 6.42. The Kier molecular flexibility index (Phi) is 4.25. The lowest BCUT2D eigenvalue weighted by atomic mass is 9.96. The monoisotopic (exact) mass is 291 g/mol. The number of hydrogen-bond acceptors (Lipinski definition) is 1. The van der Waals surface area contributed by atoms with Gasteiger partial charge in [-0.3, -0.25) is 0 Å². The van der Waals surface area contributed by atoms with Crippen molar-refractivity contribution in [3.63, 3.8) is 0 Å². The lowest BCUT2D eigenvalue weighted by Crippen LogP contribution is -2.11. The molecular weight excluding hydrogens is 277 g/mol. The Morgan fingerprint density at radius 1 is 1.00 bits per heavy atom. The summed E-state index contributed by atoms with van der Waals surface area (Å²) in [6.07, 6.45) is 2.60. The van der Waals surface area contributed by atoms with Crippen molar-refractivity contribution in [3.8, 4) is 0 Å². The van der Waals surface area contributed by atoms with Crippen LogP contribution in [-0.2, 0) is 0 Å². The van der Waals surface area contributed by atoms with E-state index in [1.807, 2.05) is 12.1 Å². The summed E-state index contributed by atoms with van der Waals surface area (Å²) in [4.78, 5) is 0. The second-order valence-corrected chi connectivity index (χ2v) is 5.83. The lowest BCUT2D eigenvalue weighted by molar-refractivity contribution is 0.494. The molecule has 1 N–H and O–H groups in total. The highest BCUT2D eigenvalue weighted by Crippen LogP contribution is 2.44. The van der Waals surface area contributed by atoms with Gasteiger partial charge in [0.2, 0.25) is 0 Å². The molecule has 1 aromatic carbocycles. The smallest absolute Gasteiger partial charge is 0.0595 e. The summed E-state index contributed by atoms with van der Waals surface area (Å²) in [7, 11) is 0. The van der Waals surface area contributed by atoms with Gasteiger partial charge in [0.1, 0.15) is 0 Å². The quantitative estimate of drug-likeness (QED) is 0.821. The van der Waals surface area contributed by atoms with Crippen molar-refractivity contribution in [2.24, 2.45) is 11.8 Å². The summed E-state index contributed by atoms with van der Waals surface area (Å²) >= 11 is 12.0. The normalized spacial score (nSPS) is 31.1. The van der Waals surface area contributed by atoms with Gasteiger partial charge < -0.3 is 5.32 Å². The molecule has 4 heteroatoms. The van der Waals surface area contributed by atoms with Crippen LogP contribution in [0.3, 0.4) is 0 Å². The van der Waals surface area contributed by atoms with E-state index in [-0.39, 0.29) is 12.4 Å². The molecule has 1 nitrogen and oxygen atoms in total. The minimum absolute atomic E-state index is 0. The number of rotatable bonds is 1. The zero-order valence-corrected chi connectivity index (χ0v) is 11.8. The predicted octanol–water partition coefficient (Wildman–Crippen LogP) is 4.13. The third kappa shape index (κ3) is 2.58. The van der Waals surface area contributed by atoms with Crippen LogP contribution in [0.5, 0.6) is 0 Å². The first kappa shape index (κ1) is 13.5. The fraction of sp³-hybridized carbons (Fsp3) is 0.538. The van der Waals surface area contributed by atoms with Gasteiger partial charge >= 0.3 is 0 Å². The fourth-order valence-electron chi connectivity index (χ4n) is 3.20. The molecule has 2 atom stereocenters. The maximum Gasteiger partial charge on any atom is 0.0595 e. The maximum atomic E-state index is 6.07. The van der Waals surface area contributed by atoms with E-state index >= 15 is 0 Å². The third-order valence-corrected chi connectivity index (χ3v) is 4.81. The van der Waals surface area contributed by atoms with Crippen molar-refractivity contribution >= 4 is 35.6 Å². The Morgan fingerprint density at radius 3 is 2.24 bits per heavy atom. The van der Waals surface area contributed by atoms with Gasteiger partial charge in [-0.1, -0.05) is 29.3 Å². The van der Waals surface area contributed by atoms with Crippen LogP contribution in [-0.4, -0.2) is 13.1 Å². The van der Waals surface area contributed by atoms with Gasteiger partial charge in [-0.05, 0) is 61.4 Å². The van der Waals surface area contributed by atoms with Gasteiger partial charge in [0, 0.05) is 0 Å². The van der Waals surface area contributed by atoms with Crippen LogP contribution in [0, 0.1) is 11.8 Å². The first-order chi connectivity index (χ1) is 7.74. The summed E-state index contributed by atoms with van der Waals surface area (Å²) in [5.74, 6) is 2.44. The van der Waals surface area contributed by atoms with Gasteiger partial charge in [0.15, 0.2) is 0 Å². The van der Waals surface area contributed by atoms with Gasteiger partial charge in [0.25, 0.3) is 0 Å². The lowest BCUT2D eigenvalue weighted by Gasteiger charge is -2.12. The van der Waals surface area contributed by atoms with Crippen molar-refractivity contribution in [2.75, 3.05) is 13.1 Å². The van der Waals surface area contributed by atoms with E-state index in [0.29, 0.717) is 16.0 Å². The van der Waals surface area contributed by atoms with E-state index < -0.39 is 0 Å². The molecule has 1 aromatic rings. The molecule has 2 aliphatic rings. The van der Waals surface area contributed by atoms with Crippen LogP contribution < -0.4 is 5.32 Å². The van der Waals surface area contributed by atoms with Crippen LogP contribution in [0.25, 0.3) is 0 Å². The molecule has 0 radical (unpaired) electrons. The average Bonchev–Trinajstić information content (AvgIpc) is 2.81. The SMILES string of the molecule is Cl.Clc1ccc(C2CC3CNCC3C2)cc1Cl. The Hall–Kier alpha value is 0.0500. The molecule has 0 spiro atoms. The number of hydrogen-bond donors (Lipinski definition) is 1. The van der Waals surface area contributed by atoms with Crippen LogP contribution in [0.2, 0.25) is 10.0 Å². The predicted molar refractivity (Wildman–Crippen MR) is 75.5 cm³/mol. The second-order valence-electron chi connectivity index (χ2n) is 5.02. The number of fused-ring (bicyclic) bond motifs is 1. The molecule has 3 rings (SSSR count). The minimum atomic E-state index is 0. The third-order valence-electron chi connectivity index (χ3n) is 4.07. The summed E-state index contributed by atoms with van der Waals surface area (Å²) in [5, 5.41) is 4.82. The van der Waals surface area contributed by atoms with E-state index in [1.54, 1.807) is 0 Å². The number of nitrogens with one attached hydrogen (secondary N) is 1. The molecule has 94 valence electrons. The van der Waals surface area contributed by atoms with Crippen molar-refractivity contribution in [1.82, 2.24) is 5.32 Å². The van der Waals surface area contributed by atoms with E-state index in [2.05, 4.69) is 11.4 Å². The molecule has 0 amide bonds. The standard InChI is InChI=1S/C13H15Cl2N.ClH/c14-12-2-1-8(5-13(12)15)9-3-10-6-16-7-11(10)4-9;/h1-2,5,9-11,16H,3-4,6-7H2;1H. The van der Waals surface area contributed by atoms with E-state index in [9.17, 15) is 0 Å². The molecule has 1 aliphatic heterocycles. The fourth-order valence-corrected chi connectivity index (χ4v) is 3.51. The average molecular weight is 293 g/mol. The first-order valence-corrected chi connectivity index (χ1v) is 6.65. The number of benzene rings is 1. The largest absolute Gasteiger partial charge is 0.316 e. The molecular formula is C13H16Cl3N. The second kappa shape index (κ2) is 5.36. The van der Waals surface area contributed by atoms with Gasteiger partial charge in [-0.25, -0.2) is 0 Å². The van der Waals surface area contributed by atoms with Crippen LogP contribution >= 0.6 is 35.6 Å². The minimum Gasteiger partial charge on any atom is -0.316 e. The van der Waals surface area contributed by atoms with Crippen molar-refractivity contribution < 1.29 is 0 Å². The number of halogens is 3. The van der Waals surface area contributed by atoms with Crippen molar-refractivity contribution in [1.29, 1.82) is 0 Å². The molecule has 0 bridgehead atoms. The molecule has 1 saturated carbocycles. The Balaban J connectivity index is 0.00000108. The zero-order chi connectivity index (χ0) is 11.1. The Bertz CT molecular complexity index is 396. The highest BCUT2D eigenvalue weighted by atomic mass is 35.5. The molecule has 2 unspecified atom stereocenters. The molecule has 17 heavy (non-hydrogen) atoms. The van der Waals surface area contributed by atoms with Gasteiger partial charge in [-0.15, -0.1) is 12.4 Å². The highest BCUT2D eigenvalue weighted by Gasteiger charge is 2.37. The molecule has 1 aliphatic carbocycles. The summed E-state index contributed by atoms with van der Waals surface area (Å²) < 4.78 is 0. The van der Waals surface area contributed by atoms with Crippen molar-refractivity contribution in [3.05, 3.63) is 33.8 Å². The Labute approximate surface area is 118 Å². The molecule has 1 heterocycles.